The van der Waals surface area contributed by atoms with Crippen LogP contribution in [0.15, 0.2) is 37.0 Å². The number of carboxylic acid groups (broad SMARTS) is 1. The average Bonchev–Trinajstić information content (AvgIpc) is 3.19. The molecule has 3 rings (SSSR count). The molecule has 3 aromatic rings. The van der Waals surface area contributed by atoms with Crippen molar-refractivity contribution in [3.8, 4) is 0 Å². The third kappa shape index (κ3) is 5.92. The van der Waals surface area contributed by atoms with E-state index < -0.39 is 17.6 Å². The highest BCUT2D eigenvalue weighted by Crippen LogP contribution is 2.31. The summed E-state index contributed by atoms with van der Waals surface area (Å²) in [5, 5.41) is 12.4. The van der Waals surface area contributed by atoms with Crippen molar-refractivity contribution >= 4 is 39.7 Å². The summed E-state index contributed by atoms with van der Waals surface area (Å²) >= 11 is 7.21. The van der Waals surface area contributed by atoms with Crippen molar-refractivity contribution in [2.24, 2.45) is 5.92 Å². The number of aliphatic carboxylic acids is 1. The van der Waals surface area contributed by atoms with E-state index >= 15 is 0 Å². The van der Waals surface area contributed by atoms with Crippen molar-refractivity contribution < 1.29 is 18.7 Å². The molecule has 0 bridgehead atoms. The first kappa shape index (κ1) is 23.0. The van der Waals surface area contributed by atoms with Gasteiger partial charge in [-0.3, -0.25) is 4.79 Å². The summed E-state index contributed by atoms with van der Waals surface area (Å²) in [6.07, 6.45) is 2.48. The molecule has 5 nitrogen and oxygen atoms in total. The van der Waals surface area contributed by atoms with Crippen molar-refractivity contribution in [3.63, 3.8) is 0 Å². The molecule has 0 aliphatic carbocycles. The van der Waals surface area contributed by atoms with Crippen LogP contribution < -0.4 is 5.32 Å². The molecule has 164 valence electrons. The molecule has 0 aliphatic rings. The maximum Gasteiger partial charge on any atom is 0.309 e. The number of nitrogens with one attached hydrogen (secondary N) is 1. The Morgan fingerprint density at radius 1 is 1.35 bits per heavy atom. The van der Waals surface area contributed by atoms with E-state index in [2.05, 4.69) is 30.7 Å². The van der Waals surface area contributed by atoms with Crippen LogP contribution in [0.3, 0.4) is 0 Å². The zero-order valence-electron chi connectivity index (χ0n) is 17.1. The molecule has 2 heterocycles. The van der Waals surface area contributed by atoms with Crippen LogP contribution in [-0.4, -0.2) is 20.6 Å². The highest BCUT2D eigenvalue weighted by molar-refractivity contribution is 7.19. The quantitative estimate of drug-likeness (QED) is 0.417. The van der Waals surface area contributed by atoms with E-state index in [1.165, 1.54) is 12.1 Å². The Bertz CT molecular complexity index is 1120. The first-order valence-corrected chi connectivity index (χ1v) is 10.8. The Labute approximate surface area is 188 Å². The minimum absolute atomic E-state index is 0.198. The van der Waals surface area contributed by atoms with Gasteiger partial charge in [-0.2, -0.15) is 0 Å². The number of anilines is 1. The minimum atomic E-state index is -1.02. The van der Waals surface area contributed by atoms with E-state index in [1.54, 1.807) is 0 Å². The second-order valence-electron chi connectivity index (χ2n) is 7.61. The van der Waals surface area contributed by atoms with Crippen LogP contribution in [0.4, 0.5) is 13.9 Å². The molecule has 31 heavy (non-hydrogen) atoms. The van der Waals surface area contributed by atoms with Crippen molar-refractivity contribution in [2.45, 2.75) is 33.2 Å². The second-order valence-corrected chi connectivity index (χ2v) is 9.21. The van der Waals surface area contributed by atoms with Gasteiger partial charge in [0.15, 0.2) is 5.13 Å². The van der Waals surface area contributed by atoms with Gasteiger partial charge in [0.05, 0.1) is 30.1 Å². The van der Waals surface area contributed by atoms with Crippen LogP contribution in [0, 0.1) is 17.6 Å². The molecular formula is C22H22ClF2N3O2S. The molecule has 0 saturated heterocycles. The molecule has 0 amide bonds. The van der Waals surface area contributed by atoms with Gasteiger partial charge in [0.25, 0.3) is 0 Å². The van der Waals surface area contributed by atoms with Crippen molar-refractivity contribution in [2.75, 3.05) is 5.32 Å². The number of halogens is 3. The van der Waals surface area contributed by atoms with Crippen LogP contribution in [-0.2, 0) is 24.2 Å². The number of nitrogens with zero attached hydrogens (tertiary/aromatic N) is 2. The number of thiazole rings is 1. The Morgan fingerprint density at radius 3 is 2.74 bits per heavy atom. The first-order valence-electron chi connectivity index (χ1n) is 9.58. The summed E-state index contributed by atoms with van der Waals surface area (Å²) in [7, 11) is 0. The molecule has 2 N–H and O–H groups in total. The molecule has 9 heteroatoms. The molecular weight excluding hydrogens is 444 g/mol. The molecule has 2 aromatic heterocycles. The van der Waals surface area contributed by atoms with Gasteiger partial charge in [0.1, 0.15) is 16.0 Å². The predicted octanol–water partition coefficient (Wildman–Crippen LogP) is 5.83. The lowest BCUT2D eigenvalue weighted by Crippen LogP contribution is -2.08. The molecule has 0 spiro atoms. The van der Waals surface area contributed by atoms with E-state index in [9.17, 15) is 13.6 Å². The number of benzene rings is 1. The van der Waals surface area contributed by atoms with Gasteiger partial charge in [-0.05, 0) is 30.0 Å². The van der Waals surface area contributed by atoms with E-state index in [0.29, 0.717) is 32.3 Å². The normalized spacial score (nSPS) is 11.2. The van der Waals surface area contributed by atoms with Gasteiger partial charge in [-0.15, -0.1) is 0 Å². The zero-order chi connectivity index (χ0) is 22.7. The lowest BCUT2D eigenvalue weighted by atomic mass is 10.1. The standard InChI is InChI=1S/C22H22ClF2N3O2S/c1-12(2)6-14-7-19(28(10-14)11-15-4-5-16(24)8-17(15)25)13(3)26-22-27-18(9-20(29)30)21(23)31-22/h4-5,7-8,10,12H,3,6,9,11H2,1-2H3,(H,26,27)(H,29,30). The summed E-state index contributed by atoms with van der Waals surface area (Å²) in [5.74, 6) is -1.85. The highest BCUT2D eigenvalue weighted by atomic mass is 35.5. The summed E-state index contributed by atoms with van der Waals surface area (Å²) in [4.78, 5) is 15.2. The molecule has 0 unspecified atom stereocenters. The van der Waals surface area contributed by atoms with E-state index in [4.69, 9.17) is 16.7 Å². The Hall–Kier alpha value is -2.71. The topological polar surface area (TPSA) is 67.2 Å². The molecule has 0 saturated carbocycles. The SMILES string of the molecule is C=C(Nc1nc(CC(=O)O)c(Cl)s1)c1cc(CC(C)C)cn1Cc1ccc(F)cc1F. The largest absolute Gasteiger partial charge is 0.481 e. The number of rotatable bonds is 9. The molecule has 0 aliphatic heterocycles. The number of carboxylic acids is 1. The molecule has 0 fully saturated rings. The third-order valence-corrected chi connectivity index (χ3v) is 5.74. The van der Waals surface area contributed by atoms with E-state index in [1.807, 2.05) is 16.8 Å². The fourth-order valence-corrected chi connectivity index (χ4v) is 4.27. The fraction of sp³-hybridized carbons (Fsp3) is 0.273. The average molecular weight is 466 g/mol. The van der Waals surface area contributed by atoms with E-state index in [0.717, 1.165) is 29.4 Å². The van der Waals surface area contributed by atoms with Crippen LogP contribution in [0.2, 0.25) is 4.34 Å². The highest BCUT2D eigenvalue weighted by Gasteiger charge is 2.16. The van der Waals surface area contributed by atoms with Gasteiger partial charge in [0, 0.05) is 17.8 Å². The van der Waals surface area contributed by atoms with Gasteiger partial charge in [-0.25, -0.2) is 13.8 Å². The predicted molar refractivity (Wildman–Crippen MR) is 120 cm³/mol. The van der Waals surface area contributed by atoms with Crippen LogP contribution >= 0.6 is 22.9 Å². The first-order chi connectivity index (χ1) is 14.6. The zero-order valence-corrected chi connectivity index (χ0v) is 18.7. The van der Waals surface area contributed by atoms with Crippen LogP contribution in [0.1, 0.15) is 36.4 Å². The Kier molecular flexibility index (Phi) is 7.12. The maximum atomic E-state index is 14.2. The lowest BCUT2D eigenvalue weighted by molar-refractivity contribution is -0.136. The maximum absolute atomic E-state index is 14.2. The second kappa shape index (κ2) is 9.62. The molecule has 0 atom stereocenters. The minimum Gasteiger partial charge on any atom is -0.481 e. The van der Waals surface area contributed by atoms with Crippen molar-refractivity contribution in [1.82, 2.24) is 9.55 Å². The van der Waals surface area contributed by atoms with Crippen molar-refractivity contribution in [3.05, 3.63) is 75.5 Å². The Morgan fingerprint density at radius 2 is 2.10 bits per heavy atom. The molecule has 0 radical (unpaired) electrons. The van der Waals surface area contributed by atoms with Crippen molar-refractivity contribution in [1.29, 1.82) is 0 Å². The monoisotopic (exact) mass is 465 g/mol. The summed E-state index contributed by atoms with van der Waals surface area (Å²) in [5.41, 5.74) is 2.90. The van der Waals surface area contributed by atoms with Crippen LogP contribution in [0.5, 0.6) is 0 Å². The smallest absolute Gasteiger partial charge is 0.309 e. The Balaban J connectivity index is 1.88. The summed E-state index contributed by atoms with van der Waals surface area (Å²) in [6.45, 7) is 8.48. The summed E-state index contributed by atoms with van der Waals surface area (Å²) < 4.78 is 29.6. The number of hydrogen-bond acceptors (Lipinski definition) is 4. The third-order valence-electron chi connectivity index (χ3n) is 4.49. The number of carbonyl (C=O) groups is 1. The van der Waals surface area contributed by atoms with Gasteiger partial charge >= 0.3 is 5.97 Å². The number of aromatic nitrogens is 2. The number of hydrogen-bond donors (Lipinski definition) is 2. The summed E-state index contributed by atoms with van der Waals surface area (Å²) in [6, 6.07) is 5.48. The fourth-order valence-electron chi connectivity index (χ4n) is 3.21. The molecule has 1 aromatic carbocycles. The van der Waals surface area contributed by atoms with Gasteiger partial charge in [0.2, 0.25) is 0 Å². The lowest BCUT2D eigenvalue weighted by Gasteiger charge is -2.12. The van der Waals surface area contributed by atoms with Gasteiger partial charge in [-0.1, -0.05) is 49.4 Å². The van der Waals surface area contributed by atoms with Gasteiger partial charge < -0.3 is 15.0 Å². The van der Waals surface area contributed by atoms with E-state index in [-0.39, 0.29) is 18.7 Å². The van der Waals surface area contributed by atoms with Crippen LogP contribution in [0.25, 0.3) is 5.70 Å².